The second-order valence-corrected chi connectivity index (χ2v) is 5.45. The van der Waals surface area contributed by atoms with E-state index in [0.717, 1.165) is 11.1 Å². The van der Waals surface area contributed by atoms with Gasteiger partial charge in [-0.3, -0.25) is 4.79 Å². The second-order valence-electron chi connectivity index (χ2n) is 5.04. The Kier molecular flexibility index (Phi) is 4.22. The number of epoxide rings is 1. The zero-order chi connectivity index (χ0) is 15.5. The first kappa shape index (κ1) is 14.8. The predicted octanol–water partition coefficient (Wildman–Crippen LogP) is 3.32. The lowest BCUT2D eigenvalue weighted by Crippen LogP contribution is -2.24. The summed E-state index contributed by atoms with van der Waals surface area (Å²) >= 11 is 6.09. The third kappa shape index (κ3) is 3.18. The number of carbonyl (C=O) groups is 1. The van der Waals surface area contributed by atoms with Gasteiger partial charge in [-0.2, -0.15) is 5.10 Å². The van der Waals surface area contributed by atoms with Crippen LogP contribution in [0.2, 0.25) is 5.02 Å². The van der Waals surface area contributed by atoms with Crippen molar-refractivity contribution in [3.8, 4) is 0 Å². The van der Waals surface area contributed by atoms with Gasteiger partial charge < -0.3 is 4.74 Å². The third-order valence-corrected chi connectivity index (χ3v) is 3.81. The van der Waals surface area contributed by atoms with Gasteiger partial charge in [0.25, 0.3) is 5.91 Å². The minimum absolute atomic E-state index is 0.183. The fourth-order valence-electron chi connectivity index (χ4n) is 2.23. The molecule has 112 valence electrons. The van der Waals surface area contributed by atoms with E-state index in [4.69, 9.17) is 16.3 Å². The average Bonchev–Trinajstić information content (AvgIpc) is 3.34. The molecule has 2 unspecified atom stereocenters. The van der Waals surface area contributed by atoms with Gasteiger partial charge in [0.1, 0.15) is 6.10 Å². The minimum atomic E-state index is -0.481. The number of hydrazone groups is 1. The molecule has 2 atom stereocenters. The van der Waals surface area contributed by atoms with Gasteiger partial charge >= 0.3 is 0 Å². The predicted molar refractivity (Wildman–Crippen MR) is 85.9 cm³/mol. The van der Waals surface area contributed by atoms with Gasteiger partial charge in [-0.1, -0.05) is 60.1 Å². The van der Waals surface area contributed by atoms with Crippen LogP contribution in [0, 0.1) is 0 Å². The van der Waals surface area contributed by atoms with E-state index in [1.807, 2.05) is 48.5 Å². The Morgan fingerprint density at radius 2 is 1.82 bits per heavy atom. The van der Waals surface area contributed by atoms with E-state index < -0.39 is 6.10 Å². The van der Waals surface area contributed by atoms with Crippen LogP contribution in [0.1, 0.15) is 24.2 Å². The molecule has 1 saturated heterocycles. The first-order chi connectivity index (χ1) is 10.7. The van der Waals surface area contributed by atoms with Crippen molar-refractivity contribution in [1.29, 1.82) is 0 Å². The standard InChI is InChI=1S/C17H15ClN2O2/c1-11(13-9-5-6-10-14(13)18)19-20-17(21)16-15(22-16)12-7-3-2-4-8-12/h2-10,15-16H,1H3,(H,20,21)/b19-11+. The molecule has 4 nitrogen and oxygen atoms in total. The number of nitrogens with zero attached hydrogens (tertiary/aromatic N) is 1. The summed E-state index contributed by atoms with van der Waals surface area (Å²) in [5.41, 5.74) is 4.97. The van der Waals surface area contributed by atoms with E-state index in [2.05, 4.69) is 10.5 Å². The molecule has 3 rings (SSSR count). The smallest absolute Gasteiger partial charge is 0.272 e. The van der Waals surface area contributed by atoms with Gasteiger partial charge in [0.05, 0.1) is 5.71 Å². The molecule has 22 heavy (non-hydrogen) atoms. The molecule has 0 aliphatic carbocycles. The van der Waals surface area contributed by atoms with Crippen LogP contribution in [-0.4, -0.2) is 17.7 Å². The van der Waals surface area contributed by atoms with E-state index in [-0.39, 0.29) is 12.0 Å². The van der Waals surface area contributed by atoms with Gasteiger partial charge in [0, 0.05) is 10.6 Å². The Bertz CT molecular complexity index is 716. The topological polar surface area (TPSA) is 54.0 Å². The maximum atomic E-state index is 12.0. The lowest BCUT2D eigenvalue weighted by atomic mass is 10.1. The molecule has 2 aromatic carbocycles. The summed E-state index contributed by atoms with van der Waals surface area (Å²) in [4.78, 5) is 12.0. The van der Waals surface area contributed by atoms with Crippen LogP contribution in [0.5, 0.6) is 0 Å². The zero-order valence-corrected chi connectivity index (χ0v) is 12.7. The molecule has 1 aliphatic rings. The van der Waals surface area contributed by atoms with E-state index in [1.54, 1.807) is 13.0 Å². The molecule has 0 aromatic heterocycles. The third-order valence-electron chi connectivity index (χ3n) is 3.48. The summed E-state index contributed by atoms with van der Waals surface area (Å²) in [5, 5.41) is 4.70. The number of benzene rings is 2. The number of rotatable bonds is 4. The van der Waals surface area contributed by atoms with Crippen LogP contribution in [0.4, 0.5) is 0 Å². The summed E-state index contributed by atoms with van der Waals surface area (Å²) in [5.74, 6) is -0.250. The molecular weight excluding hydrogens is 300 g/mol. The number of carbonyl (C=O) groups excluding carboxylic acids is 1. The Labute approximate surface area is 133 Å². The molecule has 0 radical (unpaired) electrons. The maximum Gasteiger partial charge on any atom is 0.272 e. The van der Waals surface area contributed by atoms with E-state index in [9.17, 15) is 4.79 Å². The van der Waals surface area contributed by atoms with E-state index in [1.165, 1.54) is 0 Å². The first-order valence-electron chi connectivity index (χ1n) is 6.96. The summed E-state index contributed by atoms with van der Waals surface area (Å²) in [6.07, 6.45) is -0.665. The quantitative estimate of drug-likeness (QED) is 0.535. The Hall–Kier alpha value is -2.17. The van der Waals surface area contributed by atoms with Crippen LogP contribution in [0.3, 0.4) is 0 Å². The van der Waals surface area contributed by atoms with Crippen molar-refractivity contribution < 1.29 is 9.53 Å². The monoisotopic (exact) mass is 314 g/mol. The molecule has 1 fully saturated rings. The number of hydrogen-bond acceptors (Lipinski definition) is 3. The highest BCUT2D eigenvalue weighted by Crippen LogP contribution is 2.38. The molecule has 2 aromatic rings. The van der Waals surface area contributed by atoms with Crippen molar-refractivity contribution in [2.45, 2.75) is 19.1 Å². The SMILES string of the molecule is C/C(=N\NC(=O)C1OC1c1ccccc1)c1ccccc1Cl. The van der Waals surface area contributed by atoms with Crippen molar-refractivity contribution in [1.82, 2.24) is 5.43 Å². The van der Waals surface area contributed by atoms with Crippen molar-refractivity contribution in [2.24, 2.45) is 5.10 Å². The molecule has 0 spiro atoms. The minimum Gasteiger partial charge on any atom is -0.354 e. The highest BCUT2D eigenvalue weighted by Gasteiger charge is 2.46. The van der Waals surface area contributed by atoms with E-state index >= 15 is 0 Å². The molecule has 0 bridgehead atoms. The van der Waals surface area contributed by atoms with Gasteiger partial charge in [-0.15, -0.1) is 0 Å². The number of nitrogens with one attached hydrogen (secondary N) is 1. The zero-order valence-electron chi connectivity index (χ0n) is 12.0. The van der Waals surface area contributed by atoms with Crippen LogP contribution in [0.15, 0.2) is 59.7 Å². The number of halogens is 1. The Morgan fingerprint density at radius 3 is 2.55 bits per heavy atom. The van der Waals surface area contributed by atoms with Gasteiger partial charge in [-0.25, -0.2) is 5.43 Å². The van der Waals surface area contributed by atoms with E-state index in [0.29, 0.717) is 10.7 Å². The highest BCUT2D eigenvalue weighted by molar-refractivity contribution is 6.34. The van der Waals surface area contributed by atoms with Crippen molar-refractivity contribution in [3.05, 3.63) is 70.7 Å². The van der Waals surface area contributed by atoms with Gasteiger partial charge in [-0.05, 0) is 18.6 Å². The molecule has 0 saturated carbocycles. The molecular formula is C17H15ClN2O2. The first-order valence-corrected chi connectivity index (χ1v) is 7.34. The molecule has 1 N–H and O–H groups in total. The van der Waals surface area contributed by atoms with Gasteiger partial charge in [0.15, 0.2) is 6.10 Å². The maximum absolute atomic E-state index is 12.0. The van der Waals surface area contributed by atoms with Crippen molar-refractivity contribution in [2.75, 3.05) is 0 Å². The fraction of sp³-hybridized carbons (Fsp3) is 0.176. The van der Waals surface area contributed by atoms with Crippen molar-refractivity contribution in [3.63, 3.8) is 0 Å². The van der Waals surface area contributed by atoms with Crippen LogP contribution in [-0.2, 0) is 9.53 Å². The molecule has 1 heterocycles. The Morgan fingerprint density at radius 1 is 1.14 bits per heavy atom. The van der Waals surface area contributed by atoms with Crippen LogP contribution in [0.25, 0.3) is 0 Å². The lowest BCUT2D eigenvalue weighted by molar-refractivity contribution is -0.122. The normalized spacial score (nSPS) is 20.5. The molecule has 5 heteroatoms. The second kappa shape index (κ2) is 6.30. The number of ether oxygens (including phenoxy) is 1. The number of hydrogen-bond donors (Lipinski definition) is 1. The summed E-state index contributed by atoms with van der Waals surface area (Å²) < 4.78 is 5.42. The average molecular weight is 315 g/mol. The summed E-state index contributed by atoms with van der Waals surface area (Å²) in [6.45, 7) is 1.80. The molecule has 1 aliphatic heterocycles. The fourth-order valence-corrected chi connectivity index (χ4v) is 2.50. The summed E-state index contributed by atoms with van der Waals surface area (Å²) in [7, 11) is 0. The Balaban J connectivity index is 1.62. The van der Waals surface area contributed by atoms with Crippen LogP contribution >= 0.6 is 11.6 Å². The highest BCUT2D eigenvalue weighted by atomic mass is 35.5. The lowest BCUT2D eigenvalue weighted by Gasteiger charge is -2.03. The largest absolute Gasteiger partial charge is 0.354 e. The van der Waals surface area contributed by atoms with Gasteiger partial charge in [0.2, 0.25) is 0 Å². The summed E-state index contributed by atoms with van der Waals surface area (Å²) in [6, 6.07) is 17.0. The van der Waals surface area contributed by atoms with Crippen molar-refractivity contribution >= 4 is 23.2 Å². The number of amides is 1. The molecule has 1 amide bonds. The van der Waals surface area contributed by atoms with Crippen LogP contribution < -0.4 is 5.43 Å².